The van der Waals surface area contributed by atoms with Gasteiger partial charge in [-0.05, 0) is 34.1 Å². The van der Waals surface area contributed by atoms with Gasteiger partial charge in [0, 0.05) is 38.2 Å². The Morgan fingerprint density at radius 2 is 2.11 bits per heavy atom. The third-order valence-corrected chi connectivity index (χ3v) is 2.37. The van der Waals surface area contributed by atoms with Gasteiger partial charge in [0.05, 0.1) is 0 Å². The highest BCUT2D eigenvalue weighted by Gasteiger charge is 2.09. The van der Waals surface area contributed by atoms with Crippen LogP contribution < -0.4 is 10.6 Å². The smallest absolute Gasteiger partial charge is 0.265 e. The number of hydrogen-bond acceptors (Lipinski definition) is 4. The van der Waals surface area contributed by atoms with Crippen LogP contribution in [0, 0.1) is 0 Å². The molecule has 0 aromatic carbocycles. The Hall–Kier alpha value is -1.36. The summed E-state index contributed by atoms with van der Waals surface area (Å²) in [6.07, 6.45) is 2.46. The van der Waals surface area contributed by atoms with Crippen molar-refractivity contribution in [3.8, 4) is 0 Å². The summed E-state index contributed by atoms with van der Waals surface area (Å²) in [7, 11) is 1.65. The Balaban J connectivity index is 4.24. The van der Waals surface area contributed by atoms with Gasteiger partial charge in [-0.1, -0.05) is 0 Å². The van der Waals surface area contributed by atoms with Crippen LogP contribution in [0.1, 0.15) is 34.1 Å². The van der Waals surface area contributed by atoms with Crippen molar-refractivity contribution < 1.29 is 9.53 Å². The predicted molar refractivity (Wildman–Crippen MR) is 74.6 cm³/mol. The molecule has 1 atom stereocenters. The van der Waals surface area contributed by atoms with E-state index in [1.807, 2.05) is 20.8 Å². The predicted octanol–water partition coefficient (Wildman–Crippen LogP) is 1.46. The third kappa shape index (κ3) is 7.84. The van der Waals surface area contributed by atoms with Crippen molar-refractivity contribution in [2.45, 2.75) is 40.2 Å². The van der Waals surface area contributed by atoms with Gasteiger partial charge in [-0.15, -0.1) is 0 Å². The number of rotatable bonds is 8. The van der Waals surface area contributed by atoms with E-state index in [0.29, 0.717) is 12.3 Å². The van der Waals surface area contributed by atoms with Gasteiger partial charge in [0.25, 0.3) is 5.91 Å². The molecular formula is C13H25N3O2. The second-order valence-electron chi connectivity index (χ2n) is 4.21. The summed E-state index contributed by atoms with van der Waals surface area (Å²) in [4.78, 5) is 15.9. The first-order chi connectivity index (χ1) is 8.51. The highest BCUT2D eigenvalue weighted by atomic mass is 16.5. The van der Waals surface area contributed by atoms with E-state index in [9.17, 15) is 4.79 Å². The van der Waals surface area contributed by atoms with Gasteiger partial charge in [-0.3, -0.25) is 9.79 Å². The van der Waals surface area contributed by atoms with Crippen molar-refractivity contribution >= 4 is 11.6 Å². The fourth-order valence-corrected chi connectivity index (χ4v) is 1.27. The SMILES string of the molecule is CCN/C(C)=C/N=C(C)C(=O)NC(C)CCOC. The molecule has 0 fully saturated rings. The minimum atomic E-state index is -0.140. The molecule has 0 bridgehead atoms. The number of methoxy groups -OCH3 is 1. The van der Waals surface area contributed by atoms with Crippen LogP contribution >= 0.6 is 0 Å². The van der Waals surface area contributed by atoms with Crippen LogP contribution in [0.5, 0.6) is 0 Å². The topological polar surface area (TPSA) is 62.7 Å². The standard InChI is InChI=1S/C13H25N3O2/c1-6-14-11(3)9-15-12(4)13(17)16-10(2)7-8-18-5/h9-10,14H,6-8H2,1-5H3,(H,16,17)/b11-9+,15-12?. The molecule has 0 aromatic rings. The molecule has 0 saturated carbocycles. The summed E-state index contributed by atoms with van der Waals surface area (Å²) in [6, 6.07) is 0.0847. The lowest BCUT2D eigenvalue weighted by Crippen LogP contribution is -2.37. The lowest BCUT2D eigenvalue weighted by atomic mass is 10.2. The maximum atomic E-state index is 11.8. The largest absolute Gasteiger partial charge is 0.388 e. The van der Waals surface area contributed by atoms with Crippen molar-refractivity contribution in [3.63, 3.8) is 0 Å². The molecule has 0 aliphatic heterocycles. The normalized spacial score (nSPS) is 14.3. The van der Waals surface area contributed by atoms with Gasteiger partial charge in [-0.25, -0.2) is 0 Å². The second-order valence-corrected chi connectivity index (χ2v) is 4.21. The van der Waals surface area contributed by atoms with E-state index in [2.05, 4.69) is 15.6 Å². The number of nitrogens with one attached hydrogen (secondary N) is 2. The quantitative estimate of drug-likeness (QED) is 0.645. The van der Waals surface area contributed by atoms with Crippen molar-refractivity contribution in [3.05, 3.63) is 11.9 Å². The summed E-state index contributed by atoms with van der Waals surface area (Å²) in [6.45, 7) is 9.06. The Labute approximate surface area is 110 Å². The van der Waals surface area contributed by atoms with E-state index in [1.165, 1.54) is 0 Å². The highest BCUT2D eigenvalue weighted by molar-refractivity contribution is 6.38. The molecule has 5 heteroatoms. The first kappa shape index (κ1) is 16.6. The molecule has 0 heterocycles. The maximum absolute atomic E-state index is 11.8. The lowest BCUT2D eigenvalue weighted by molar-refractivity contribution is -0.115. The van der Waals surface area contributed by atoms with Crippen molar-refractivity contribution in [2.24, 2.45) is 4.99 Å². The fourth-order valence-electron chi connectivity index (χ4n) is 1.27. The molecule has 1 unspecified atom stereocenters. The lowest BCUT2D eigenvalue weighted by Gasteiger charge is -2.12. The first-order valence-electron chi connectivity index (χ1n) is 6.26. The second kappa shape index (κ2) is 9.65. The zero-order valence-corrected chi connectivity index (χ0v) is 12.0. The molecule has 0 saturated heterocycles. The zero-order chi connectivity index (χ0) is 14.0. The van der Waals surface area contributed by atoms with Crippen molar-refractivity contribution in [1.82, 2.24) is 10.6 Å². The first-order valence-corrected chi connectivity index (χ1v) is 6.26. The minimum absolute atomic E-state index is 0.0847. The number of aliphatic imine (C=N–C) groups is 1. The van der Waals surface area contributed by atoms with Crippen LogP contribution in [0.3, 0.4) is 0 Å². The van der Waals surface area contributed by atoms with E-state index in [4.69, 9.17) is 4.74 Å². The van der Waals surface area contributed by atoms with E-state index in [1.54, 1.807) is 20.2 Å². The average molecular weight is 255 g/mol. The number of amides is 1. The van der Waals surface area contributed by atoms with Crippen LogP contribution in [0.4, 0.5) is 0 Å². The van der Waals surface area contributed by atoms with Gasteiger partial charge in [0.2, 0.25) is 0 Å². The van der Waals surface area contributed by atoms with E-state index >= 15 is 0 Å². The third-order valence-electron chi connectivity index (χ3n) is 2.37. The summed E-state index contributed by atoms with van der Waals surface area (Å²) in [5.74, 6) is -0.140. The maximum Gasteiger partial charge on any atom is 0.265 e. The van der Waals surface area contributed by atoms with Gasteiger partial charge < -0.3 is 15.4 Å². The number of hydrogen-bond donors (Lipinski definition) is 2. The molecule has 0 aliphatic rings. The molecule has 104 valence electrons. The molecule has 0 aromatic heterocycles. The Bertz CT molecular complexity index is 311. The summed E-state index contributed by atoms with van der Waals surface area (Å²) < 4.78 is 4.96. The van der Waals surface area contributed by atoms with Gasteiger partial charge in [0.15, 0.2) is 0 Å². The monoisotopic (exact) mass is 255 g/mol. The summed E-state index contributed by atoms with van der Waals surface area (Å²) >= 11 is 0. The molecule has 0 aliphatic carbocycles. The van der Waals surface area contributed by atoms with E-state index in [0.717, 1.165) is 18.7 Å². The number of carbonyl (C=O) groups is 1. The van der Waals surface area contributed by atoms with Crippen molar-refractivity contribution in [1.29, 1.82) is 0 Å². The van der Waals surface area contributed by atoms with Crippen LogP contribution in [-0.2, 0) is 9.53 Å². The molecule has 0 spiro atoms. The van der Waals surface area contributed by atoms with Gasteiger partial charge in [-0.2, -0.15) is 0 Å². The molecule has 2 N–H and O–H groups in total. The Morgan fingerprint density at radius 3 is 2.67 bits per heavy atom. The average Bonchev–Trinajstić information content (AvgIpc) is 2.33. The molecule has 5 nitrogen and oxygen atoms in total. The minimum Gasteiger partial charge on any atom is -0.388 e. The van der Waals surface area contributed by atoms with Crippen molar-refractivity contribution in [2.75, 3.05) is 20.3 Å². The van der Waals surface area contributed by atoms with Gasteiger partial charge in [0.1, 0.15) is 5.71 Å². The van der Waals surface area contributed by atoms with Crippen LogP contribution in [-0.4, -0.2) is 37.9 Å². The van der Waals surface area contributed by atoms with E-state index in [-0.39, 0.29) is 11.9 Å². The highest BCUT2D eigenvalue weighted by Crippen LogP contribution is 1.93. The van der Waals surface area contributed by atoms with E-state index < -0.39 is 0 Å². The van der Waals surface area contributed by atoms with Gasteiger partial charge >= 0.3 is 0 Å². The summed E-state index contributed by atoms with van der Waals surface area (Å²) in [5, 5.41) is 5.99. The molecule has 0 radical (unpaired) electrons. The molecule has 1 amide bonds. The number of nitrogens with zero attached hydrogens (tertiary/aromatic N) is 1. The number of carbonyl (C=O) groups excluding carboxylic acids is 1. The molecule has 0 rings (SSSR count). The molecular weight excluding hydrogens is 230 g/mol. The Kier molecular flexibility index (Phi) is 8.92. The zero-order valence-electron chi connectivity index (χ0n) is 12.0. The molecule has 18 heavy (non-hydrogen) atoms. The number of allylic oxidation sites excluding steroid dienone is 1. The van der Waals surface area contributed by atoms with Crippen LogP contribution in [0.25, 0.3) is 0 Å². The Morgan fingerprint density at radius 1 is 1.44 bits per heavy atom. The number of ether oxygens (including phenoxy) is 1. The fraction of sp³-hybridized carbons (Fsp3) is 0.692. The summed E-state index contributed by atoms with van der Waals surface area (Å²) in [5.41, 5.74) is 1.40. The van der Waals surface area contributed by atoms with Crippen LogP contribution in [0.15, 0.2) is 16.9 Å². The van der Waals surface area contributed by atoms with Crippen LogP contribution in [0.2, 0.25) is 0 Å².